The minimum atomic E-state index is -0.219. The Morgan fingerprint density at radius 2 is 1.62 bits per heavy atom. The van der Waals surface area contributed by atoms with Gasteiger partial charge in [0.2, 0.25) is 0 Å². The van der Waals surface area contributed by atoms with Gasteiger partial charge < -0.3 is 19.9 Å². The van der Waals surface area contributed by atoms with Gasteiger partial charge in [-0.2, -0.15) is 0 Å². The minimum Gasteiger partial charge on any atom is -0.432 e. The molecule has 0 atom stereocenters. The van der Waals surface area contributed by atoms with E-state index in [0.717, 1.165) is 43.0 Å². The largest absolute Gasteiger partial charge is 0.432 e. The van der Waals surface area contributed by atoms with Crippen LogP contribution in [0.4, 0.5) is 11.5 Å². The highest BCUT2D eigenvalue weighted by Gasteiger charge is 2.21. The Morgan fingerprint density at radius 1 is 0.853 bits per heavy atom. The molecule has 9 heteroatoms. The van der Waals surface area contributed by atoms with Gasteiger partial charge in [0.25, 0.3) is 11.1 Å². The number of rotatable bonds is 4. The first-order valence-corrected chi connectivity index (χ1v) is 11.3. The fraction of sp³-hybridized carbons (Fsp3) is 0.160. The summed E-state index contributed by atoms with van der Waals surface area (Å²) in [6, 6.07) is 18.3. The van der Waals surface area contributed by atoms with E-state index in [1.807, 2.05) is 29.2 Å². The second-order valence-corrected chi connectivity index (χ2v) is 8.12. The summed E-state index contributed by atoms with van der Waals surface area (Å²) < 4.78 is 5.87. The fourth-order valence-electron chi connectivity index (χ4n) is 3.74. The average molecular weight is 471 g/mol. The van der Waals surface area contributed by atoms with Crippen LogP contribution in [-0.4, -0.2) is 57.1 Å². The maximum Gasteiger partial charge on any atom is 0.264 e. The van der Waals surface area contributed by atoms with Crippen molar-refractivity contribution in [3.8, 4) is 5.75 Å². The van der Waals surface area contributed by atoms with E-state index in [0.29, 0.717) is 22.2 Å². The van der Waals surface area contributed by atoms with Crippen molar-refractivity contribution in [3.05, 3.63) is 84.8 Å². The Morgan fingerprint density at radius 3 is 2.35 bits per heavy atom. The quantitative estimate of drug-likeness (QED) is 0.452. The van der Waals surface area contributed by atoms with E-state index in [-0.39, 0.29) is 5.91 Å². The number of anilines is 2. The third-order valence-corrected chi connectivity index (χ3v) is 5.90. The van der Waals surface area contributed by atoms with Crippen molar-refractivity contribution in [1.82, 2.24) is 19.9 Å². The summed E-state index contributed by atoms with van der Waals surface area (Å²) in [7, 11) is 0. The summed E-state index contributed by atoms with van der Waals surface area (Å²) in [4.78, 5) is 29.8. The lowest BCUT2D eigenvalue weighted by Gasteiger charge is -2.36. The normalized spacial score (nSPS) is 13.5. The smallest absolute Gasteiger partial charge is 0.264 e. The van der Waals surface area contributed by atoms with Crippen LogP contribution in [0, 0.1) is 0 Å². The topological polar surface area (TPSA) is 83.5 Å². The Hall–Kier alpha value is -4.11. The van der Waals surface area contributed by atoms with Gasteiger partial charge >= 0.3 is 0 Å². The molecule has 3 heterocycles. The van der Waals surface area contributed by atoms with Crippen molar-refractivity contribution < 1.29 is 9.53 Å². The number of carbonyl (C=O) groups is 1. The first-order chi connectivity index (χ1) is 16.7. The van der Waals surface area contributed by atoms with E-state index < -0.39 is 0 Å². The number of carbonyl (C=O) groups excluding carboxylic acids is 1. The molecule has 1 fully saturated rings. The molecule has 1 amide bonds. The van der Waals surface area contributed by atoms with Crippen LogP contribution < -0.4 is 15.0 Å². The summed E-state index contributed by atoms with van der Waals surface area (Å²) in [6.07, 6.45) is 5.06. The van der Waals surface area contributed by atoms with E-state index in [1.165, 1.54) is 0 Å². The highest BCUT2D eigenvalue weighted by Crippen LogP contribution is 2.19. The number of nitrogens with one attached hydrogen (secondary N) is 1. The van der Waals surface area contributed by atoms with Crippen LogP contribution in [0.2, 0.25) is 0 Å². The van der Waals surface area contributed by atoms with Gasteiger partial charge in [-0.25, -0.2) is 4.98 Å². The lowest BCUT2D eigenvalue weighted by Crippen LogP contribution is -2.49. The van der Waals surface area contributed by atoms with Crippen LogP contribution in [0.1, 0.15) is 10.4 Å². The molecule has 2 aromatic heterocycles. The number of thiocarbonyl (C=S) groups is 1. The SMILES string of the molecule is O=C(Nc1ccc2nccnc2c1)c1ccc(OC(=S)N2CCN(c3ccccn3)CC2)cc1. The lowest BCUT2D eigenvalue weighted by atomic mass is 10.2. The van der Waals surface area contributed by atoms with Gasteiger partial charge in [0.1, 0.15) is 11.6 Å². The highest BCUT2D eigenvalue weighted by molar-refractivity contribution is 7.80. The predicted molar refractivity (Wildman–Crippen MR) is 135 cm³/mol. The molecule has 1 aliphatic rings. The van der Waals surface area contributed by atoms with E-state index >= 15 is 0 Å². The zero-order valence-electron chi connectivity index (χ0n) is 18.3. The molecule has 8 nitrogen and oxygen atoms in total. The zero-order chi connectivity index (χ0) is 23.3. The second-order valence-electron chi connectivity index (χ2n) is 7.77. The van der Waals surface area contributed by atoms with Crippen molar-refractivity contribution in [3.63, 3.8) is 0 Å². The maximum atomic E-state index is 12.6. The van der Waals surface area contributed by atoms with Gasteiger partial charge in [0.15, 0.2) is 0 Å². The molecule has 1 N–H and O–H groups in total. The number of hydrogen-bond acceptors (Lipinski definition) is 7. The van der Waals surface area contributed by atoms with Crippen LogP contribution in [-0.2, 0) is 0 Å². The zero-order valence-corrected chi connectivity index (χ0v) is 19.1. The first kappa shape index (κ1) is 21.7. The van der Waals surface area contributed by atoms with Gasteiger partial charge in [-0.3, -0.25) is 14.8 Å². The molecule has 4 aromatic rings. The molecular formula is C25H22N6O2S. The van der Waals surface area contributed by atoms with Crippen molar-refractivity contribution in [1.29, 1.82) is 0 Å². The average Bonchev–Trinajstić information content (AvgIpc) is 2.89. The molecule has 0 saturated carbocycles. The Labute approximate surface area is 202 Å². The maximum absolute atomic E-state index is 12.6. The molecular weight excluding hydrogens is 448 g/mol. The van der Waals surface area contributed by atoms with E-state index in [1.54, 1.807) is 55.0 Å². The van der Waals surface area contributed by atoms with E-state index in [4.69, 9.17) is 17.0 Å². The summed E-state index contributed by atoms with van der Waals surface area (Å²) in [6.45, 7) is 3.15. The second kappa shape index (κ2) is 9.80. The number of pyridine rings is 1. The molecule has 1 saturated heterocycles. The first-order valence-electron chi connectivity index (χ1n) is 10.9. The number of piperazine rings is 1. The number of fused-ring (bicyclic) bond motifs is 1. The summed E-state index contributed by atoms with van der Waals surface area (Å²) in [5, 5.41) is 3.31. The molecule has 0 radical (unpaired) electrons. The number of amides is 1. The molecule has 0 spiro atoms. The van der Waals surface area contributed by atoms with Gasteiger partial charge in [-0.05, 0) is 66.8 Å². The van der Waals surface area contributed by atoms with Crippen molar-refractivity contribution in [2.45, 2.75) is 0 Å². The molecule has 170 valence electrons. The van der Waals surface area contributed by atoms with Crippen molar-refractivity contribution in [2.75, 3.05) is 36.4 Å². The van der Waals surface area contributed by atoms with Gasteiger partial charge in [0, 0.05) is 56.0 Å². The minimum absolute atomic E-state index is 0.219. The molecule has 1 aliphatic heterocycles. The van der Waals surface area contributed by atoms with Crippen LogP contribution in [0.25, 0.3) is 11.0 Å². The Bertz CT molecular complexity index is 1310. The summed E-state index contributed by atoms with van der Waals surface area (Å²) in [5.74, 6) is 1.34. The third-order valence-electron chi connectivity index (χ3n) is 5.56. The standard InChI is InChI=1S/C25H22N6O2S/c32-24(29-19-6-9-21-22(17-19)27-12-11-26-21)18-4-7-20(8-5-18)33-25(34)31-15-13-30(14-16-31)23-3-1-2-10-28-23/h1-12,17H,13-16H2,(H,29,32). The lowest BCUT2D eigenvalue weighted by molar-refractivity contribution is 0.102. The molecule has 2 aromatic carbocycles. The Kier molecular flexibility index (Phi) is 6.26. The monoisotopic (exact) mass is 470 g/mol. The van der Waals surface area contributed by atoms with Gasteiger partial charge in [-0.1, -0.05) is 6.07 Å². The molecule has 0 aliphatic carbocycles. The molecule has 34 heavy (non-hydrogen) atoms. The third kappa shape index (κ3) is 4.94. The predicted octanol–water partition coefficient (Wildman–Crippen LogP) is 3.76. The number of hydrogen-bond donors (Lipinski definition) is 1. The summed E-state index contributed by atoms with van der Waals surface area (Å²) in [5.41, 5.74) is 2.67. The number of nitrogens with zero attached hydrogens (tertiary/aromatic N) is 5. The van der Waals surface area contributed by atoms with Gasteiger partial charge in [0.05, 0.1) is 11.0 Å². The number of benzene rings is 2. The fourth-order valence-corrected chi connectivity index (χ4v) is 4.02. The summed E-state index contributed by atoms with van der Waals surface area (Å²) >= 11 is 5.50. The molecule has 5 rings (SSSR count). The van der Waals surface area contributed by atoms with Crippen LogP contribution >= 0.6 is 12.2 Å². The van der Waals surface area contributed by atoms with Crippen molar-refractivity contribution in [2.24, 2.45) is 0 Å². The van der Waals surface area contributed by atoms with Crippen molar-refractivity contribution >= 4 is 45.8 Å². The van der Waals surface area contributed by atoms with Crippen LogP contribution in [0.3, 0.4) is 0 Å². The van der Waals surface area contributed by atoms with Crippen LogP contribution in [0.5, 0.6) is 5.75 Å². The molecule has 0 unspecified atom stereocenters. The number of ether oxygens (including phenoxy) is 1. The van der Waals surface area contributed by atoms with E-state index in [9.17, 15) is 4.79 Å². The Balaban J connectivity index is 1.15. The highest BCUT2D eigenvalue weighted by atomic mass is 32.1. The van der Waals surface area contributed by atoms with E-state index in [2.05, 4.69) is 25.2 Å². The van der Waals surface area contributed by atoms with Gasteiger partial charge in [-0.15, -0.1) is 0 Å². The number of aromatic nitrogens is 3. The molecule has 0 bridgehead atoms. The van der Waals surface area contributed by atoms with Crippen LogP contribution in [0.15, 0.2) is 79.3 Å².